The van der Waals surface area contributed by atoms with E-state index in [1.54, 1.807) is 27.5 Å². The molecule has 33 heavy (non-hydrogen) atoms. The Hall–Kier alpha value is -2.76. The number of hydrogen-bond donors (Lipinski definition) is 3. The zero-order chi connectivity index (χ0) is 22.9. The molecule has 2 heterocycles. The first kappa shape index (κ1) is 26.5. The van der Waals surface area contributed by atoms with E-state index < -0.39 is 0 Å². The van der Waals surface area contributed by atoms with Gasteiger partial charge in [-0.05, 0) is 31.0 Å². The van der Waals surface area contributed by atoms with Crippen molar-refractivity contribution in [2.45, 2.75) is 25.9 Å². The average Bonchev–Trinajstić information content (AvgIpc) is 2.84. The van der Waals surface area contributed by atoms with Gasteiger partial charge in [-0.3, -0.25) is 9.79 Å². The number of ether oxygens (including phenoxy) is 2. The third kappa shape index (κ3) is 7.11. The molecular formula is C23H33IN6O3. The van der Waals surface area contributed by atoms with Crippen LogP contribution in [0.25, 0.3) is 0 Å². The van der Waals surface area contributed by atoms with E-state index >= 15 is 0 Å². The Kier molecular flexibility index (Phi) is 10.5. The second-order valence-corrected chi connectivity index (χ2v) is 7.61. The van der Waals surface area contributed by atoms with Gasteiger partial charge >= 0.3 is 0 Å². The minimum absolute atomic E-state index is 0. The lowest BCUT2D eigenvalue weighted by Gasteiger charge is -2.32. The van der Waals surface area contributed by atoms with E-state index in [0.717, 1.165) is 54.4 Å². The fourth-order valence-electron chi connectivity index (χ4n) is 3.81. The number of primary amides is 1. The summed E-state index contributed by atoms with van der Waals surface area (Å²) in [5.74, 6) is 2.84. The molecule has 2 aromatic rings. The molecule has 1 saturated heterocycles. The summed E-state index contributed by atoms with van der Waals surface area (Å²) >= 11 is 0. The van der Waals surface area contributed by atoms with Crippen LogP contribution in [0, 0.1) is 5.92 Å². The van der Waals surface area contributed by atoms with Crippen LogP contribution in [-0.2, 0) is 17.9 Å². The standard InChI is InChI=1S/C23H32N6O3.HI/c1-25-23(27-14-17-6-7-19(31-2)13-20(17)32-3)28-15-18-5-4-10-26-22(18)29-11-8-16(9-12-29)21(24)30;/h4-7,10,13,16H,8-9,11-12,14-15H2,1-3H3,(H2,24,30)(H2,25,27,28);1H. The van der Waals surface area contributed by atoms with Gasteiger partial charge in [0, 0.05) is 62.5 Å². The predicted molar refractivity (Wildman–Crippen MR) is 140 cm³/mol. The molecular weight excluding hydrogens is 535 g/mol. The highest BCUT2D eigenvalue weighted by Crippen LogP contribution is 2.25. The SMILES string of the molecule is CN=C(NCc1ccc(OC)cc1OC)NCc1cccnc1N1CCC(C(N)=O)CC1.I. The van der Waals surface area contributed by atoms with Crippen molar-refractivity contribution in [1.29, 1.82) is 0 Å². The van der Waals surface area contributed by atoms with Crippen molar-refractivity contribution in [1.82, 2.24) is 15.6 Å². The first-order valence-electron chi connectivity index (χ1n) is 10.7. The van der Waals surface area contributed by atoms with Crippen molar-refractivity contribution in [3.05, 3.63) is 47.7 Å². The minimum Gasteiger partial charge on any atom is -0.497 e. The van der Waals surface area contributed by atoms with Crippen LogP contribution in [-0.4, -0.2) is 51.2 Å². The van der Waals surface area contributed by atoms with Crippen LogP contribution in [0.1, 0.15) is 24.0 Å². The van der Waals surface area contributed by atoms with Crippen molar-refractivity contribution >= 4 is 41.7 Å². The predicted octanol–water partition coefficient (Wildman–Crippen LogP) is 2.28. The molecule has 10 heteroatoms. The number of nitrogens with two attached hydrogens (primary N) is 1. The number of piperidine rings is 1. The number of rotatable bonds is 8. The Morgan fingerprint density at radius 3 is 2.45 bits per heavy atom. The van der Waals surface area contributed by atoms with Crippen molar-refractivity contribution in [3.63, 3.8) is 0 Å². The molecule has 1 fully saturated rings. The number of amides is 1. The number of halogens is 1. The van der Waals surface area contributed by atoms with Gasteiger partial charge in [0.2, 0.25) is 5.91 Å². The maximum atomic E-state index is 11.5. The Bertz CT molecular complexity index is 948. The number of nitrogens with one attached hydrogen (secondary N) is 2. The Morgan fingerprint density at radius 2 is 1.85 bits per heavy atom. The van der Waals surface area contributed by atoms with Crippen LogP contribution in [0.4, 0.5) is 5.82 Å². The third-order valence-electron chi connectivity index (χ3n) is 5.67. The molecule has 0 atom stereocenters. The van der Waals surface area contributed by atoms with Gasteiger partial charge in [0.1, 0.15) is 17.3 Å². The summed E-state index contributed by atoms with van der Waals surface area (Å²) < 4.78 is 10.7. The summed E-state index contributed by atoms with van der Waals surface area (Å²) in [5.41, 5.74) is 7.52. The number of methoxy groups -OCH3 is 2. The van der Waals surface area contributed by atoms with Gasteiger partial charge < -0.3 is 30.7 Å². The molecule has 9 nitrogen and oxygen atoms in total. The summed E-state index contributed by atoms with van der Waals surface area (Å²) in [4.78, 5) is 22.6. The quantitative estimate of drug-likeness (QED) is 0.255. The molecule has 3 rings (SSSR count). The number of anilines is 1. The molecule has 0 radical (unpaired) electrons. The maximum Gasteiger partial charge on any atom is 0.220 e. The van der Waals surface area contributed by atoms with E-state index in [1.165, 1.54) is 0 Å². The first-order chi connectivity index (χ1) is 15.5. The van der Waals surface area contributed by atoms with Crippen LogP contribution in [0.5, 0.6) is 11.5 Å². The summed E-state index contributed by atoms with van der Waals surface area (Å²) in [7, 11) is 5.01. The molecule has 1 aliphatic heterocycles. The summed E-state index contributed by atoms with van der Waals surface area (Å²) in [5, 5.41) is 6.67. The fourth-order valence-corrected chi connectivity index (χ4v) is 3.81. The zero-order valence-electron chi connectivity index (χ0n) is 19.3. The van der Waals surface area contributed by atoms with Crippen LogP contribution < -0.4 is 30.7 Å². The lowest BCUT2D eigenvalue weighted by molar-refractivity contribution is -0.122. The molecule has 0 bridgehead atoms. The van der Waals surface area contributed by atoms with Gasteiger partial charge in [0.05, 0.1) is 14.2 Å². The van der Waals surface area contributed by atoms with Gasteiger partial charge in [-0.2, -0.15) is 0 Å². The first-order valence-corrected chi connectivity index (χ1v) is 10.7. The van der Waals surface area contributed by atoms with Crippen LogP contribution in [0.15, 0.2) is 41.5 Å². The molecule has 180 valence electrons. The molecule has 1 aliphatic rings. The fraction of sp³-hybridized carbons (Fsp3) is 0.435. The number of nitrogens with zero attached hydrogens (tertiary/aromatic N) is 3. The van der Waals surface area contributed by atoms with Crippen LogP contribution in [0.3, 0.4) is 0 Å². The summed E-state index contributed by atoms with van der Waals surface area (Å²) in [6.07, 6.45) is 3.30. The second kappa shape index (κ2) is 13.1. The monoisotopic (exact) mass is 568 g/mol. The number of benzene rings is 1. The zero-order valence-corrected chi connectivity index (χ0v) is 21.7. The second-order valence-electron chi connectivity index (χ2n) is 7.61. The Labute approximate surface area is 212 Å². The Balaban J connectivity index is 0.00000385. The number of carbonyl (C=O) groups is 1. The molecule has 1 amide bonds. The Morgan fingerprint density at radius 1 is 1.15 bits per heavy atom. The summed E-state index contributed by atoms with van der Waals surface area (Å²) in [6.45, 7) is 2.65. The number of carbonyl (C=O) groups excluding carboxylic acids is 1. The van der Waals surface area contributed by atoms with Gasteiger partial charge in [0.25, 0.3) is 0 Å². The minimum atomic E-state index is -0.212. The highest BCUT2D eigenvalue weighted by Gasteiger charge is 2.25. The lowest BCUT2D eigenvalue weighted by atomic mass is 9.96. The average molecular weight is 568 g/mol. The number of guanidine groups is 1. The van der Waals surface area contributed by atoms with E-state index in [1.807, 2.05) is 24.3 Å². The third-order valence-corrected chi connectivity index (χ3v) is 5.67. The lowest BCUT2D eigenvalue weighted by Crippen LogP contribution is -2.40. The molecule has 0 spiro atoms. The van der Waals surface area contributed by atoms with Gasteiger partial charge in [-0.15, -0.1) is 24.0 Å². The number of pyridine rings is 1. The van der Waals surface area contributed by atoms with Crippen molar-refractivity contribution < 1.29 is 14.3 Å². The van der Waals surface area contributed by atoms with Crippen molar-refractivity contribution in [2.75, 3.05) is 39.3 Å². The van der Waals surface area contributed by atoms with E-state index in [4.69, 9.17) is 15.2 Å². The normalized spacial score (nSPS) is 14.3. The molecule has 1 aromatic carbocycles. The van der Waals surface area contributed by atoms with E-state index in [0.29, 0.717) is 19.0 Å². The molecule has 0 saturated carbocycles. The highest BCUT2D eigenvalue weighted by molar-refractivity contribution is 14.0. The smallest absolute Gasteiger partial charge is 0.220 e. The maximum absolute atomic E-state index is 11.5. The van der Waals surface area contributed by atoms with Gasteiger partial charge in [0.15, 0.2) is 5.96 Å². The van der Waals surface area contributed by atoms with Gasteiger partial charge in [-0.25, -0.2) is 4.98 Å². The molecule has 4 N–H and O–H groups in total. The molecule has 1 aromatic heterocycles. The molecule has 0 unspecified atom stereocenters. The van der Waals surface area contributed by atoms with Crippen LogP contribution >= 0.6 is 24.0 Å². The number of aliphatic imine (C=N–C) groups is 1. The largest absolute Gasteiger partial charge is 0.497 e. The van der Waals surface area contributed by atoms with Crippen molar-refractivity contribution in [2.24, 2.45) is 16.6 Å². The molecule has 0 aliphatic carbocycles. The van der Waals surface area contributed by atoms with E-state index in [-0.39, 0.29) is 35.8 Å². The van der Waals surface area contributed by atoms with Gasteiger partial charge in [-0.1, -0.05) is 6.07 Å². The van der Waals surface area contributed by atoms with E-state index in [9.17, 15) is 4.79 Å². The van der Waals surface area contributed by atoms with E-state index in [2.05, 4.69) is 31.6 Å². The number of hydrogen-bond acceptors (Lipinski definition) is 6. The summed E-state index contributed by atoms with van der Waals surface area (Å²) in [6, 6.07) is 9.70. The van der Waals surface area contributed by atoms with Crippen molar-refractivity contribution in [3.8, 4) is 11.5 Å². The topological polar surface area (TPSA) is 114 Å². The number of aromatic nitrogens is 1. The highest BCUT2D eigenvalue weighted by atomic mass is 127. The van der Waals surface area contributed by atoms with Crippen LogP contribution in [0.2, 0.25) is 0 Å².